The van der Waals surface area contributed by atoms with Crippen LogP contribution in [0.5, 0.6) is 5.75 Å². The second-order valence-electron chi connectivity index (χ2n) is 4.48. The fraction of sp³-hybridized carbons (Fsp3) is 0.357. The third kappa shape index (κ3) is 3.78. The Balaban J connectivity index is 2.28. The van der Waals surface area contributed by atoms with Crippen LogP contribution in [0, 0.1) is 0 Å². The highest BCUT2D eigenvalue weighted by Gasteiger charge is 2.15. The first-order valence-electron chi connectivity index (χ1n) is 6.14. The van der Waals surface area contributed by atoms with Crippen LogP contribution in [0.2, 0.25) is 0 Å². The summed E-state index contributed by atoms with van der Waals surface area (Å²) in [6.45, 7) is 4.03. The van der Waals surface area contributed by atoms with Crippen molar-refractivity contribution in [2.45, 2.75) is 26.0 Å². The van der Waals surface area contributed by atoms with Gasteiger partial charge in [0.15, 0.2) is 0 Å². The number of nitrogens with zero attached hydrogens (tertiary/aromatic N) is 1. The number of halogens is 1. The summed E-state index contributed by atoms with van der Waals surface area (Å²) in [5.41, 5.74) is 1.11. The average molecular weight is 341 g/mol. The van der Waals surface area contributed by atoms with Crippen molar-refractivity contribution in [3.63, 3.8) is 0 Å². The third-order valence-electron chi connectivity index (χ3n) is 2.61. The highest BCUT2D eigenvalue weighted by molar-refractivity contribution is 9.11. The highest BCUT2D eigenvalue weighted by Crippen LogP contribution is 2.31. The van der Waals surface area contributed by atoms with E-state index in [1.165, 1.54) is 4.88 Å². The lowest BCUT2D eigenvalue weighted by molar-refractivity contribution is 0.241. The molecule has 0 aromatic carbocycles. The molecule has 5 heteroatoms. The molecule has 2 heterocycles. The van der Waals surface area contributed by atoms with Gasteiger partial charge < -0.3 is 10.1 Å². The molecule has 0 spiro atoms. The van der Waals surface area contributed by atoms with Crippen LogP contribution in [0.15, 0.2) is 34.4 Å². The first-order chi connectivity index (χ1) is 9.10. The second kappa shape index (κ2) is 6.50. The Morgan fingerprint density at radius 1 is 1.32 bits per heavy atom. The molecule has 2 rings (SSSR count). The average Bonchev–Trinajstić information content (AvgIpc) is 2.76. The lowest BCUT2D eigenvalue weighted by atomic mass is 10.1. The highest BCUT2D eigenvalue weighted by atomic mass is 79.9. The Hall–Kier alpha value is -0.910. The SMILES string of the molecule is CNC(c1cncc(OC(C)C)c1)c1ccc(Br)s1. The van der Waals surface area contributed by atoms with Crippen molar-refractivity contribution in [3.05, 3.63) is 44.8 Å². The summed E-state index contributed by atoms with van der Waals surface area (Å²) in [6.07, 6.45) is 3.78. The Morgan fingerprint density at radius 2 is 2.11 bits per heavy atom. The lowest BCUT2D eigenvalue weighted by Crippen LogP contribution is -2.17. The van der Waals surface area contributed by atoms with Crippen LogP contribution in [0.4, 0.5) is 0 Å². The van der Waals surface area contributed by atoms with Crippen molar-refractivity contribution in [2.24, 2.45) is 0 Å². The number of nitrogens with one attached hydrogen (secondary N) is 1. The molecule has 0 amide bonds. The predicted octanol–water partition coefficient (Wildman–Crippen LogP) is 4.00. The molecule has 102 valence electrons. The van der Waals surface area contributed by atoms with E-state index in [-0.39, 0.29) is 12.1 Å². The first kappa shape index (κ1) is 14.5. The van der Waals surface area contributed by atoms with Gasteiger partial charge in [0.1, 0.15) is 5.75 Å². The van der Waals surface area contributed by atoms with Gasteiger partial charge in [0.25, 0.3) is 0 Å². The fourth-order valence-corrected chi connectivity index (χ4v) is 3.45. The number of aromatic nitrogens is 1. The molecule has 0 saturated carbocycles. The van der Waals surface area contributed by atoms with Crippen molar-refractivity contribution in [1.29, 1.82) is 0 Å². The number of rotatable bonds is 5. The van der Waals surface area contributed by atoms with E-state index in [9.17, 15) is 0 Å². The number of hydrogen-bond donors (Lipinski definition) is 1. The number of ether oxygens (including phenoxy) is 1. The summed E-state index contributed by atoms with van der Waals surface area (Å²) >= 11 is 5.22. The second-order valence-corrected chi connectivity index (χ2v) is 6.98. The minimum Gasteiger partial charge on any atom is -0.489 e. The minimum absolute atomic E-state index is 0.138. The normalized spacial score (nSPS) is 12.7. The molecule has 3 nitrogen and oxygen atoms in total. The van der Waals surface area contributed by atoms with E-state index in [0.29, 0.717) is 0 Å². The minimum atomic E-state index is 0.138. The standard InChI is InChI=1S/C14H17BrN2OS/c1-9(2)18-11-6-10(7-17-8-11)14(16-3)12-4-5-13(15)19-12/h4-9,14,16H,1-3H3. The molecule has 0 bridgehead atoms. The molecule has 0 fully saturated rings. The summed E-state index contributed by atoms with van der Waals surface area (Å²) < 4.78 is 6.82. The molecular weight excluding hydrogens is 324 g/mol. The largest absolute Gasteiger partial charge is 0.489 e. The van der Waals surface area contributed by atoms with Crippen molar-refractivity contribution >= 4 is 27.3 Å². The van der Waals surface area contributed by atoms with E-state index in [2.05, 4.69) is 38.4 Å². The molecule has 0 aliphatic carbocycles. The maximum Gasteiger partial charge on any atom is 0.138 e. The topological polar surface area (TPSA) is 34.2 Å². The van der Waals surface area contributed by atoms with E-state index in [4.69, 9.17) is 4.74 Å². The summed E-state index contributed by atoms with van der Waals surface area (Å²) in [7, 11) is 1.95. The zero-order valence-electron chi connectivity index (χ0n) is 11.2. The van der Waals surface area contributed by atoms with Crippen molar-refractivity contribution in [1.82, 2.24) is 10.3 Å². The van der Waals surface area contributed by atoms with E-state index < -0.39 is 0 Å². The van der Waals surface area contributed by atoms with Gasteiger partial charge in [0, 0.05) is 11.1 Å². The van der Waals surface area contributed by atoms with Crippen LogP contribution >= 0.6 is 27.3 Å². The summed E-state index contributed by atoms with van der Waals surface area (Å²) in [5.74, 6) is 0.809. The molecule has 1 atom stereocenters. The number of hydrogen-bond acceptors (Lipinski definition) is 4. The molecule has 1 unspecified atom stereocenters. The van der Waals surface area contributed by atoms with Crippen molar-refractivity contribution < 1.29 is 4.74 Å². The van der Waals surface area contributed by atoms with Gasteiger partial charge in [-0.25, -0.2) is 0 Å². The van der Waals surface area contributed by atoms with Gasteiger partial charge in [-0.3, -0.25) is 4.98 Å². The van der Waals surface area contributed by atoms with Crippen molar-refractivity contribution in [2.75, 3.05) is 7.05 Å². The van der Waals surface area contributed by atoms with Crippen LogP contribution in [0.1, 0.15) is 30.3 Å². The van der Waals surface area contributed by atoms with Gasteiger partial charge in [0.2, 0.25) is 0 Å². The van der Waals surface area contributed by atoms with Gasteiger partial charge >= 0.3 is 0 Å². The Bertz CT molecular complexity index is 542. The van der Waals surface area contributed by atoms with E-state index in [1.807, 2.05) is 33.2 Å². The number of thiophene rings is 1. The smallest absolute Gasteiger partial charge is 0.138 e. The quantitative estimate of drug-likeness (QED) is 0.893. The summed E-state index contributed by atoms with van der Waals surface area (Å²) in [4.78, 5) is 5.51. The lowest BCUT2D eigenvalue weighted by Gasteiger charge is -2.16. The summed E-state index contributed by atoms with van der Waals surface area (Å²) in [5, 5.41) is 3.32. The van der Waals surface area contributed by atoms with Gasteiger partial charge in [-0.05, 0) is 60.6 Å². The van der Waals surface area contributed by atoms with Gasteiger partial charge in [-0.1, -0.05) is 0 Å². The molecule has 2 aromatic rings. The van der Waals surface area contributed by atoms with Gasteiger partial charge in [0.05, 0.1) is 22.1 Å². The molecule has 1 N–H and O–H groups in total. The number of pyridine rings is 1. The molecular formula is C14H17BrN2OS. The van der Waals surface area contributed by atoms with E-state index in [0.717, 1.165) is 15.1 Å². The Kier molecular flexibility index (Phi) is 4.96. The van der Waals surface area contributed by atoms with Crippen molar-refractivity contribution in [3.8, 4) is 5.75 Å². The molecule has 0 aliphatic rings. The van der Waals surface area contributed by atoms with Crippen LogP contribution in [0.25, 0.3) is 0 Å². The van der Waals surface area contributed by atoms with Crippen LogP contribution < -0.4 is 10.1 Å². The van der Waals surface area contributed by atoms with E-state index in [1.54, 1.807) is 17.5 Å². The zero-order valence-corrected chi connectivity index (χ0v) is 13.6. The van der Waals surface area contributed by atoms with Crippen LogP contribution in [0.3, 0.4) is 0 Å². The van der Waals surface area contributed by atoms with Crippen LogP contribution in [-0.2, 0) is 0 Å². The fourth-order valence-electron chi connectivity index (χ4n) is 1.89. The monoisotopic (exact) mass is 340 g/mol. The first-order valence-corrected chi connectivity index (χ1v) is 7.75. The van der Waals surface area contributed by atoms with Gasteiger partial charge in [-0.2, -0.15) is 0 Å². The predicted molar refractivity (Wildman–Crippen MR) is 82.9 cm³/mol. The molecule has 2 aromatic heterocycles. The third-order valence-corrected chi connectivity index (χ3v) is 4.30. The molecule has 0 saturated heterocycles. The maximum atomic E-state index is 5.69. The Morgan fingerprint density at radius 3 is 2.68 bits per heavy atom. The van der Waals surface area contributed by atoms with Crippen LogP contribution in [-0.4, -0.2) is 18.1 Å². The Labute approximate surface area is 126 Å². The maximum absolute atomic E-state index is 5.69. The summed E-state index contributed by atoms with van der Waals surface area (Å²) in [6, 6.07) is 6.36. The zero-order chi connectivity index (χ0) is 13.8. The van der Waals surface area contributed by atoms with Gasteiger partial charge in [-0.15, -0.1) is 11.3 Å². The molecule has 19 heavy (non-hydrogen) atoms. The molecule has 0 aliphatic heterocycles. The molecule has 0 radical (unpaired) electrons. The van der Waals surface area contributed by atoms with E-state index >= 15 is 0 Å².